The number of carbonyl (C=O) groups excluding carboxylic acids is 2. The van der Waals surface area contributed by atoms with Crippen LogP contribution in [0, 0.1) is 23.7 Å². The van der Waals surface area contributed by atoms with E-state index in [4.69, 9.17) is 0 Å². The lowest BCUT2D eigenvalue weighted by Gasteiger charge is -2.17. The van der Waals surface area contributed by atoms with E-state index in [9.17, 15) is 9.59 Å². The maximum absolute atomic E-state index is 12.7. The number of nitrogens with zero attached hydrogens (tertiary/aromatic N) is 3. The molecule has 2 N–H and O–H groups in total. The molecule has 7 heteroatoms. The van der Waals surface area contributed by atoms with Gasteiger partial charge in [-0.15, -0.1) is 0 Å². The van der Waals surface area contributed by atoms with Gasteiger partial charge >= 0.3 is 0 Å². The predicted molar refractivity (Wildman–Crippen MR) is 111 cm³/mol. The van der Waals surface area contributed by atoms with Crippen LogP contribution in [0.15, 0.2) is 41.7 Å². The van der Waals surface area contributed by atoms with Crippen LogP contribution in [0.1, 0.15) is 25.3 Å². The third kappa shape index (κ3) is 4.04. The summed E-state index contributed by atoms with van der Waals surface area (Å²) in [5.74, 6) is 1.15. The molecule has 7 nitrogen and oxygen atoms in total. The smallest absolute Gasteiger partial charge is 0.233 e. The number of guanidine groups is 1. The first kappa shape index (κ1) is 19.6. The second-order valence-corrected chi connectivity index (χ2v) is 7.98. The summed E-state index contributed by atoms with van der Waals surface area (Å²) in [6, 6.07) is 3.99. The Morgan fingerprint density at radius 1 is 1.21 bits per heavy atom. The number of nitrogens with one attached hydrogen (secondary N) is 2. The predicted octanol–water partition coefficient (Wildman–Crippen LogP) is 1.38. The molecule has 2 aliphatic carbocycles. The normalized spacial score (nSPS) is 27.6. The molecule has 154 valence electrons. The van der Waals surface area contributed by atoms with E-state index in [1.165, 1.54) is 10.5 Å². The van der Waals surface area contributed by atoms with E-state index in [0.717, 1.165) is 31.9 Å². The SMILES string of the molecule is CCNC(=NCCCN1C(=O)C2C3C=CC(C3)C2C1=O)NCCc1cccnc1. The lowest BCUT2D eigenvalue weighted by atomic mass is 9.85. The minimum atomic E-state index is -0.104. The van der Waals surface area contributed by atoms with Gasteiger partial charge in [0.1, 0.15) is 0 Å². The molecule has 1 saturated carbocycles. The number of pyridine rings is 1. The maximum atomic E-state index is 12.7. The number of rotatable bonds is 8. The van der Waals surface area contributed by atoms with Crippen LogP contribution < -0.4 is 10.6 Å². The molecule has 3 aliphatic rings. The van der Waals surface area contributed by atoms with Gasteiger partial charge in [0.15, 0.2) is 5.96 Å². The second kappa shape index (κ2) is 8.76. The molecular formula is C22H29N5O2. The number of hydrogen-bond donors (Lipinski definition) is 2. The Kier molecular flexibility index (Phi) is 5.92. The summed E-state index contributed by atoms with van der Waals surface area (Å²) in [5.41, 5.74) is 1.18. The van der Waals surface area contributed by atoms with Crippen molar-refractivity contribution in [2.24, 2.45) is 28.7 Å². The minimum absolute atomic E-state index is 0.0299. The van der Waals surface area contributed by atoms with Crippen molar-refractivity contribution in [3.05, 3.63) is 42.2 Å². The monoisotopic (exact) mass is 395 g/mol. The van der Waals surface area contributed by atoms with E-state index in [0.29, 0.717) is 19.5 Å². The highest BCUT2D eigenvalue weighted by molar-refractivity contribution is 6.06. The first-order valence-electron chi connectivity index (χ1n) is 10.6. The molecule has 4 atom stereocenters. The number of fused-ring (bicyclic) bond motifs is 5. The Hall–Kier alpha value is -2.70. The first-order chi connectivity index (χ1) is 14.2. The van der Waals surface area contributed by atoms with E-state index >= 15 is 0 Å². The fraction of sp³-hybridized carbons (Fsp3) is 0.545. The number of imide groups is 1. The van der Waals surface area contributed by atoms with Crippen LogP contribution in [0.5, 0.6) is 0 Å². The van der Waals surface area contributed by atoms with Crippen molar-refractivity contribution in [3.63, 3.8) is 0 Å². The summed E-state index contributed by atoms with van der Waals surface area (Å²) in [4.78, 5) is 35.6. The van der Waals surface area contributed by atoms with E-state index in [2.05, 4.69) is 38.8 Å². The number of aliphatic imine (C=N–C) groups is 1. The van der Waals surface area contributed by atoms with Crippen LogP contribution in [0.2, 0.25) is 0 Å². The summed E-state index contributed by atoms with van der Waals surface area (Å²) in [5, 5.41) is 6.56. The van der Waals surface area contributed by atoms with Gasteiger partial charge in [-0.1, -0.05) is 18.2 Å². The Bertz CT molecular complexity index is 777. The molecule has 0 radical (unpaired) electrons. The largest absolute Gasteiger partial charge is 0.357 e. The maximum Gasteiger partial charge on any atom is 0.233 e. The van der Waals surface area contributed by atoms with Crippen LogP contribution in [-0.4, -0.2) is 53.8 Å². The number of amides is 2. The molecule has 2 heterocycles. The number of carbonyl (C=O) groups is 2. The zero-order chi connectivity index (χ0) is 20.2. The van der Waals surface area contributed by atoms with E-state index in [1.807, 2.05) is 19.2 Å². The fourth-order valence-corrected chi connectivity index (χ4v) is 4.82. The molecule has 1 aliphatic heterocycles. The van der Waals surface area contributed by atoms with E-state index in [1.54, 1.807) is 6.20 Å². The highest BCUT2D eigenvalue weighted by atomic mass is 16.2. The molecule has 2 fully saturated rings. The lowest BCUT2D eigenvalue weighted by molar-refractivity contribution is -0.140. The Balaban J connectivity index is 1.24. The molecule has 1 saturated heterocycles. The van der Waals surface area contributed by atoms with Crippen molar-refractivity contribution >= 4 is 17.8 Å². The molecule has 2 bridgehead atoms. The average molecular weight is 396 g/mol. The van der Waals surface area contributed by atoms with Gasteiger partial charge in [-0.25, -0.2) is 0 Å². The van der Waals surface area contributed by atoms with Crippen molar-refractivity contribution in [1.82, 2.24) is 20.5 Å². The quantitative estimate of drug-likeness (QED) is 0.228. The van der Waals surface area contributed by atoms with E-state index < -0.39 is 0 Å². The van der Waals surface area contributed by atoms with Gasteiger partial charge in [0.25, 0.3) is 0 Å². The number of aromatic nitrogens is 1. The molecule has 4 rings (SSSR count). The second-order valence-electron chi connectivity index (χ2n) is 7.98. The Morgan fingerprint density at radius 3 is 2.62 bits per heavy atom. The molecule has 0 aromatic carbocycles. The number of allylic oxidation sites excluding steroid dienone is 2. The van der Waals surface area contributed by atoms with Gasteiger partial charge in [0.2, 0.25) is 11.8 Å². The molecule has 29 heavy (non-hydrogen) atoms. The molecule has 1 aromatic heterocycles. The highest BCUT2D eigenvalue weighted by Gasteiger charge is 2.58. The number of hydrogen-bond acceptors (Lipinski definition) is 4. The van der Waals surface area contributed by atoms with Gasteiger partial charge in [-0.05, 0) is 49.7 Å². The summed E-state index contributed by atoms with van der Waals surface area (Å²) in [7, 11) is 0. The van der Waals surface area contributed by atoms with Gasteiger partial charge < -0.3 is 10.6 Å². The van der Waals surface area contributed by atoms with Crippen molar-refractivity contribution in [1.29, 1.82) is 0 Å². The minimum Gasteiger partial charge on any atom is -0.357 e. The molecule has 1 aromatic rings. The van der Waals surface area contributed by atoms with Crippen molar-refractivity contribution in [3.8, 4) is 0 Å². The lowest BCUT2D eigenvalue weighted by Crippen LogP contribution is -2.38. The average Bonchev–Trinajstić information content (AvgIpc) is 3.41. The zero-order valence-corrected chi connectivity index (χ0v) is 16.9. The topological polar surface area (TPSA) is 86.7 Å². The molecule has 0 spiro atoms. The molecular weight excluding hydrogens is 366 g/mol. The summed E-state index contributed by atoms with van der Waals surface area (Å²) in [6.07, 6.45) is 10.4. The van der Waals surface area contributed by atoms with Crippen LogP contribution >= 0.6 is 0 Å². The van der Waals surface area contributed by atoms with Crippen LogP contribution in [0.4, 0.5) is 0 Å². The number of likely N-dealkylation sites (tertiary alicyclic amines) is 1. The van der Waals surface area contributed by atoms with Gasteiger partial charge in [0, 0.05) is 38.6 Å². The van der Waals surface area contributed by atoms with Gasteiger partial charge in [0.05, 0.1) is 11.8 Å². The van der Waals surface area contributed by atoms with Crippen LogP contribution in [-0.2, 0) is 16.0 Å². The highest BCUT2D eigenvalue weighted by Crippen LogP contribution is 2.52. The standard InChI is InChI=1S/C22H29N5O2/c1-2-24-22(26-11-8-15-5-3-9-23-14-15)25-10-4-12-27-20(28)18-16-6-7-17(13-16)19(18)21(27)29/h3,5-7,9,14,16-19H,2,4,8,10-13H2,1H3,(H2,24,25,26). The van der Waals surface area contributed by atoms with Crippen LogP contribution in [0.25, 0.3) is 0 Å². The summed E-state index contributed by atoms with van der Waals surface area (Å²) >= 11 is 0. The zero-order valence-electron chi connectivity index (χ0n) is 16.9. The van der Waals surface area contributed by atoms with Gasteiger partial charge in [-0.3, -0.25) is 24.5 Å². The molecule has 2 amide bonds. The van der Waals surface area contributed by atoms with Crippen molar-refractivity contribution < 1.29 is 9.59 Å². The fourth-order valence-electron chi connectivity index (χ4n) is 4.82. The van der Waals surface area contributed by atoms with Crippen LogP contribution in [0.3, 0.4) is 0 Å². The molecule has 4 unspecified atom stereocenters. The Labute approximate surface area is 171 Å². The summed E-state index contributed by atoms with van der Waals surface area (Å²) in [6.45, 7) is 4.60. The first-order valence-corrected chi connectivity index (χ1v) is 10.6. The van der Waals surface area contributed by atoms with Crippen molar-refractivity contribution in [2.45, 2.75) is 26.2 Å². The van der Waals surface area contributed by atoms with E-state index in [-0.39, 0.29) is 35.5 Å². The summed E-state index contributed by atoms with van der Waals surface area (Å²) < 4.78 is 0. The Morgan fingerprint density at radius 2 is 1.97 bits per heavy atom. The van der Waals surface area contributed by atoms with Gasteiger partial charge in [-0.2, -0.15) is 0 Å². The van der Waals surface area contributed by atoms with Crippen molar-refractivity contribution in [2.75, 3.05) is 26.2 Å². The third-order valence-corrected chi connectivity index (χ3v) is 6.14. The third-order valence-electron chi connectivity index (χ3n) is 6.14.